The van der Waals surface area contributed by atoms with Crippen LogP contribution >= 0.6 is 0 Å². The molecule has 230 valence electrons. The summed E-state index contributed by atoms with van der Waals surface area (Å²) in [5, 5.41) is 12.1. The highest BCUT2D eigenvalue weighted by Gasteiger charge is 2.53. The summed E-state index contributed by atoms with van der Waals surface area (Å²) in [5.41, 5.74) is 2.47. The normalized spacial score (nSPS) is 21.4. The maximum atomic E-state index is 13.3. The van der Waals surface area contributed by atoms with Crippen LogP contribution in [0.3, 0.4) is 0 Å². The SMILES string of the molecule is C=C/C(=C\c1cc([C@]2(CN3Cc4ccc(OC)cc4C3=O)NC(=O)NC2=O)oc1C)CC(=C)N1CCC(N(C)C)C1.CO. The van der Waals surface area contributed by atoms with E-state index in [1.807, 2.05) is 12.1 Å². The van der Waals surface area contributed by atoms with Gasteiger partial charge in [0, 0.05) is 56.0 Å². The van der Waals surface area contributed by atoms with Crippen LogP contribution in [0, 0.1) is 6.92 Å². The standard InChI is InChI=1S/C31H37N5O5.CH4O/c1-7-21(12-19(2)35-11-10-24(17-35)34(4)5)13-23-14-27(41-20(23)3)31(29(38)32-30(39)33-31)18-36-16-22-8-9-25(40-6)15-26(22)28(36)37;1-2/h7-9,13-15,24H,1-2,10-12,16-18H2,3-6H3,(H2,32,33,38,39);2H,1H3/b21-13+;/t24?,31-;/m0./s1. The van der Waals surface area contributed by atoms with Gasteiger partial charge in [0.05, 0.1) is 13.7 Å². The van der Waals surface area contributed by atoms with Crippen molar-refractivity contribution in [3.63, 3.8) is 0 Å². The van der Waals surface area contributed by atoms with Crippen molar-refractivity contribution in [2.24, 2.45) is 0 Å². The Balaban J connectivity index is 0.00000207. The Morgan fingerprint density at radius 2 is 2.00 bits per heavy atom. The molecule has 0 bridgehead atoms. The smallest absolute Gasteiger partial charge is 0.322 e. The van der Waals surface area contributed by atoms with E-state index in [0.717, 1.165) is 49.0 Å². The average Bonchev–Trinajstić information content (AvgIpc) is 3.76. The number of furan rings is 1. The Morgan fingerprint density at radius 1 is 1.26 bits per heavy atom. The van der Waals surface area contributed by atoms with E-state index in [2.05, 4.69) is 47.7 Å². The van der Waals surface area contributed by atoms with Crippen LogP contribution < -0.4 is 15.4 Å². The molecular weight excluding hydrogens is 550 g/mol. The number of urea groups is 1. The molecular formula is C32H41N5O6. The molecule has 3 aliphatic rings. The van der Waals surface area contributed by atoms with Crippen LogP contribution in [-0.2, 0) is 16.9 Å². The van der Waals surface area contributed by atoms with Crippen LogP contribution in [0.25, 0.3) is 6.08 Å². The van der Waals surface area contributed by atoms with Gasteiger partial charge in [-0.3, -0.25) is 14.9 Å². The Labute approximate surface area is 252 Å². The molecule has 0 saturated carbocycles. The Kier molecular flexibility index (Phi) is 9.46. The number of carbonyl (C=O) groups excluding carboxylic acids is 3. The highest BCUT2D eigenvalue weighted by atomic mass is 16.5. The fraction of sp³-hybridized carbons (Fsp3) is 0.406. The number of likely N-dealkylation sites (tertiary alicyclic amines) is 1. The number of rotatable bonds is 10. The maximum Gasteiger partial charge on any atom is 0.322 e. The number of methoxy groups -OCH3 is 1. The summed E-state index contributed by atoms with van der Waals surface area (Å²) in [7, 11) is 6.74. The van der Waals surface area contributed by atoms with Crippen molar-refractivity contribution in [2.75, 3.05) is 47.9 Å². The Hall–Kier alpha value is -4.35. The first-order valence-corrected chi connectivity index (χ1v) is 14.1. The van der Waals surface area contributed by atoms with Crippen molar-refractivity contribution in [2.45, 2.75) is 37.9 Å². The number of hydrogen-bond acceptors (Lipinski definition) is 8. The maximum absolute atomic E-state index is 13.3. The van der Waals surface area contributed by atoms with Crippen molar-refractivity contribution in [1.29, 1.82) is 0 Å². The van der Waals surface area contributed by atoms with Gasteiger partial charge >= 0.3 is 6.03 Å². The lowest BCUT2D eigenvalue weighted by atomic mass is 9.94. The number of amides is 4. The highest BCUT2D eigenvalue weighted by Crippen LogP contribution is 2.35. The van der Waals surface area contributed by atoms with E-state index in [1.54, 1.807) is 36.1 Å². The molecule has 3 N–H and O–H groups in total. The molecule has 1 aromatic heterocycles. The third-order valence-corrected chi connectivity index (χ3v) is 8.29. The van der Waals surface area contributed by atoms with Crippen LogP contribution in [0.1, 0.15) is 45.8 Å². The zero-order chi connectivity index (χ0) is 31.5. The third-order valence-electron chi connectivity index (χ3n) is 8.29. The minimum Gasteiger partial charge on any atom is -0.497 e. The van der Waals surface area contributed by atoms with Gasteiger partial charge in [-0.15, -0.1) is 0 Å². The second-order valence-corrected chi connectivity index (χ2v) is 11.1. The first kappa shape index (κ1) is 31.6. The van der Waals surface area contributed by atoms with Gasteiger partial charge in [0.2, 0.25) is 0 Å². The summed E-state index contributed by atoms with van der Waals surface area (Å²) in [4.78, 5) is 45.0. The molecule has 2 aromatic rings. The quantitative estimate of drug-likeness (QED) is 0.284. The van der Waals surface area contributed by atoms with E-state index in [1.165, 1.54) is 7.11 Å². The first-order chi connectivity index (χ1) is 20.5. The highest BCUT2D eigenvalue weighted by molar-refractivity contribution is 6.08. The molecule has 0 spiro atoms. The number of aryl methyl sites for hydroxylation is 1. The number of ether oxygens (including phenoxy) is 1. The predicted molar refractivity (Wildman–Crippen MR) is 163 cm³/mol. The number of aliphatic hydroxyl groups is 1. The summed E-state index contributed by atoms with van der Waals surface area (Å²) in [6.45, 7) is 12.2. The molecule has 0 radical (unpaired) electrons. The predicted octanol–water partition coefficient (Wildman–Crippen LogP) is 3.00. The molecule has 0 aliphatic carbocycles. The molecule has 11 nitrogen and oxygen atoms in total. The van der Waals surface area contributed by atoms with Crippen LogP contribution in [0.2, 0.25) is 0 Å². The van der Waals surface area contributed by atoms with E-state index in [9.17, 15) is 14.4 Å². The summed E-state index contributed by atoms with van der Waals surface area (Å²) in [6, 6.07) is 6.92. The van der Waals surface area contributed by atoms with Gasteiger partial charge in [-0.2, -0.15) is 0 Å². The van der Waals surface area contributed by atoms with E-state index in [-0.39, 0.29) is 18.2 Å². The number of carbonyl (C=O) groups is 3. The number of benzene rings is 1. The number of aliphatic hydroxyl groups excluding tert-OH is 1. The van der Waals surface area contributed by atoms with Crippen LogP contribution in [0.4, 0.5) is 4.79 Å². The van der Waals surface area contributed by atoms with Crippen molar-refractivity contribution < 1.29 is 28.6 Å². The van der Waals surface area contributed by atoms with Crippen LogP contribution in [-0.4, -0.2) is 91.6 Å². The Bertz CT molecular complexity index is 1460. The van der Waals surface area contributed by atoms with E-state index in [4.69, 9.17) is 14.3 Å². The lowest BCUT2D eigenvalue weighted by Gasteiger charge is -2.29. The van der Waals surface area contributed by atoms with E-state index in [0.29, 0.717) is 36.1 Å². The molecule has 1 aromatic carbocycles. The molecule has 4 amide bonds. The first-order valence-electron chi connectivity index (χ1n) is 14.1. The monoisotopic (exact) mass is 591 g/mol. The van der Waals surface area contributed by atoms with Gasteiger partial charge in [-0.1, -0.05) is 25.3 Å². The molecule has 5 rings (SSSR count). The van der Waals surface area contributed by atoms with E-state index >= 15 is 0 Å². The van der Waals surface area contributed by atoms with Gasteiger partial charge in [-0.05, 0) is 62.9 Å². The summed E-state index contributed by atoms with van der Waals surface area (Å²) in [5.74, 6) is 0.576. The molecule has 2 fully saturated rings. The Morgan fingerprint density at radius 3 is 2.60 bits per heavy atom. The molecule has 2 atom stereocenters. The number of allylic oxidation sites excluding steroid dienone is 2. The number of hydrogen-bond donors (Lipinski definition) is 3. The lowest BCUT2D eigenvalue weighted by Crippen LogP contribution is -2.52. The molecule has 11 heteroatoms. The lowest BCUT2D eigenvalue weighted by molar-refractivity contribution is -0.125. The van der Waals surface area contributed by atoms with Gasteiger partial charge < -0.3 is 34.3 Å². The molecule has 3 aliphatic heterocycles. The molecule has 2 saturated heterocycles. The van der Waals surface area contributed by atoms with Gasteiger partial charge in [0.1, 0.15) is 17.3 Å². The second-order valence-electron chi connectivity index (χ2n) is 11.1. The number of likely N-dealkylation sites (N-methyl/N-ethyl adjacent to an activating group) is 1. The van der Waals surface area contributed by atoms with E-state index < -0.39 is 17.5 Å². The molecule has 4 heterocycles. The van der Waals surface area contributed by atoms with Crippen molar-refractivity contribution in [3.05, 3.63) is 83.0 Å². The zero-order valence-electron chi connectivity index (χ0n) is 25.5. The zero-order valence-corrected chi connectivity index (χ0v) is 25.5. The largest absolute Gasteiger partial charge is 0.497 e. The number of nitrogens with one attached hydrogen (secondary N) is 2. The third kappa shape index (κ3) is 6.23. The van der Waals surface area contributed by atoms with Gasteiger partial charge in [0.15, 0.2) is 5.54 Å². The minimum absolute atomic E-state index is 0.0936. The second kappa shape index (κ2) is 12.9. The molecule has 1 unspecified atom stereocenters. The van der Waals surface area contributed by atoms with Crippen LogP contribution in [0.15, 0.2) is 59.2 Å². The summed E-state index contributed by atoms with van der Waals surface area (Å²) < 4.78 is 11.4. The average molecular weight is 592 g/mol. The fourth-order valence-corrected chi connectivity index (χ4v) is 5.77. The summed E-state index contributed by atoms with van der Waals surface area (Å²) in [6.07, 6.45) is 5.48. The fourth-order valence-electron chi connectivity index (χ4n) is 5.77. The van der Waals surface area contributed by atoms with Gasteiger partial charge in [-0.25, -0.2) is 4.79 Å². The number of fused-ring (bicyclic) bond motifs is 1. The summed E-state index contributed by atoms with van der Waals surface area (Å²) >= 11 is 0. The number of nitrogens with zero attached hydrogens (tertiary/aromatic N) is 3. The topological polar surface area (TPSA) is 128 Å². The van der Waals surface area contributed by atoms with Crippen molar-refractivity contribution in [3.8, 4) is 5.75 Å². The number of imide groups is 1. The van der Waals surface area contributed by atoms with Gasteiger partial charge in [0.25, 0.3) is 11.8 Å². The molecule has 43 heavy (non-hydrogen) atoms. The van der Waals surface area contributed by atoms with Crippen LogP contribution in [0.5, 0.6) is 5.75 Å². The van der Waals surface area contributed by atoms with Crippen molar-refractivity contribution in [1.82, 2.24) is 25.3 Å². The van der Waals surface area contributed by atoms with Crippen molar-refractivity contribution >= 4 is 23.9 Å². The minimum atomic E-state index is -1.58.